The maximum Gasteiger partial charge on any atom is 0.292 e. The van der Waals surface area contributed by atoms with E-state index in [1.54, 1.807) is 18.2 Å². The average Bonchev–Trinajstić information content (AvgIpc) is 2.55. The minimum absolute atomic E-state index is 0.0376. The van der Waals surface area contributed by atoms with Crippen LogP contribution in [-0.2, 0) is 4.79 Å². The first-order chi connectivity index (χ1) is 10.6. The molecule has 1 aliphatic carbocycles. The highest BCUT2D eigenvalue weighted by Crippen LogP contribution is 2.24. The van der Waals surface area contributed by atoms with Crippen LogP contribution in [0.3, 0.4) is 0 Å². The third-order valence-electron chi connectivity index (χ3n) is 4.27. The first-order valence-corrected chi connectivity index (χ1v) is 7.82. The molecule has 1 aliphatic rings. The van der Waals surface area contributed by atoms with Crippen LogP contribution < -0.4 is 5.32 Å². The standard InChI is InChI=1S/C16H23N3O3/c1-18(13-7-3-2-4-8-13)16(20)11-12-17-14-9-5-6-10-15(14)19(21)22/h5-6,9-10,13,17H,2-4,7-8,11-12H2,1H3. The number of nitro benzene ring substituents is 1. The number of benzene rings is 1. The normalized spacial score (nSPS) is 15.3. The van der Waals surface area contributed by atoms with Gasteiger partial charge in [-0.05, 0) is 18.9 Å². The molecule has 1 saturated carbocycles. The summed E-state index contributed by atoms with van der Waals surface area (Å²) < 4.78 is 0. The van der Waals surface area contributed by atoms with Crippen molar-refractivity contribution >= 4 is 17.3 Å². The molecule has 22 heavy (non-hydrogen) atoms. The van der Waals surface area contributed by atoms with Crippen molar-refractivity contribution in [2.45, 2.75) is 44.6 Å². The molecule has 6 heteroatoms. The zero-order valence-electron chi connectivity index (χ0n) is 13.0. The second kappa shape index (κ2) is 7.77. The third kappa shape index (κ3) is 4.19. The first kappa shape index (κ1) is 16.3. The number of hydrogen-bond donors (Lipinski definition) is 1. The minimum Gasteiger partial charge on any atom is -0.379 e. The van der Waals surface area contributed by atoms with Gasteiger partial charge >= 0.3 is 0 Å². The second-order valence-electron chi connectivity index (χ2n) is 5.75. The summed E-state index contributed by atoms with van der Waals surface area (Å²) >= 11 is 0. The summed E-state index contributed by atoms with van der Waals surface area (Å²) in [4.78, 5) is 24.6. The summed E-state index contributed by atoms with van der Waals surface area (Å²) in [6.07, 6.45) is 6.16. The Labute approximate surface area is 130 Å². The number of nitro groups is 1. The lowest BCUT2D eigenvalue weighted by atomic mass is 9.94. The van der Waals surface area contributed by atoms with Gasteiger partial charge < -0.3 is 10.2 Å². The van der Waals surface area contributed by atoms with Gasteiger partial charge in [0.2, 0.25) is 5.91 Å². The molecule has 120 valence electrons. The lowest BCUT2D eigenvalue weighted by Gasteiger charge is -2.31. The molecule has 0 aromatic heterocycles. The fourth-order valence-electron chi connectivity index (χ4n) is 2.93. The van der Waals surface area contributed by atoms with Gasteiger partial charge in [0.05, 0.1) is 4.92 Å². The zero-order chi connectivity index (χ0) is 15.9. The highest BCUT2D eigenvalue weighted by molar-refractivity contribution is 5.77. The van der Waals surface area contributed by atoms with Crippen molar-refractivity contribution < 1.29 is 9.72 Å². The second-order valence-corrected chi connectivity index (χ2v) is 5.75. The number of nitrogens with one attached hydrogen (secondary N) is 1. The van der Waals surface area contributed by atoms with Crippen LogP contribution >= 0.6 is 0 Å². The summed E-state index contributed by atoms with van der Waals surface area (Å²) in [5, 5.41) is 13.9. The molecule has 0 radical (unpaired) electrons. The van der Waals surface area contributed by atoms with Gasteiger partial charge in [-0.3, -0.25) is 14.9 Å². The SMILES string of the molecule is CN(C(=O)CCNc1ccccc1[N+](=O)[O-])C1CCCCC1. The number of rotatable bonds is 6. The maximum atomic E-state index is 12.2. The molecule has 0 heterocycles. The first-order valence-electron chi connectivity index (χ1n) is 7.82. The van der Waals surface area contributed by atoms with Crippen molar-refractivity contribution in [1.29, 1.82) is 0 Å². The highest BCUT2D eigenvalue weighted by Gasteiger charge is 2.21. The van der Waals surface area contributed by atoms with Crippen LogP contribution in [0.2, 0.25) is 0 Å². The molecular formula is C16H23N3O3. The van der Waals surface area contributed by atoms with Gasteiger partial charge in [-0.2, -0.15) is 0 Å². The Balaban J connectivity index is 1.83. The van der Waals surface area contributed by atoms with E-state index >= 15 is 0 Å². The fourth-order valence-corrected chi connectivity index (χ4v) is 2.93. The Morgan fingerprint density at radius 2 is 2.00 bits per heavy atom. The molecule has 2 rings (SSSR count). The van der Waals surface area contributed by atoms with Gasteiger partial charge in [-0.25, -0.2) is 0 Å². The van der Waals surface area contributed by atoms with Crippen LogP contribution in [0, 0.1) is 10.1 Å². The van der Waals surface area contributed by atoms with E-state index in [0.29, 0.717) is 24.7 Å². The molecule has 1 aromatic rings. The molecule has 0 atom stereocenters. The zero-order valence-corrected chi connectivity index (χ0v) is 13.0. The number of carbonyl (C=O) groups is 1. The summed E-state index contributed by atoms with van der Waals surface area (Å²) in [6.45, 7) is 0.404. The minimum atomic E-state index is -0.418. The van der Waals surface area contributed by atoms with Gasteiger partial charge in [-0.15, -0.1) is 0 Å². The predicted molar refractivity (Wildman–Crippen MR) is 85.8 cm³/mol. The van der Waals surface area contributed by atoms with E-state index in [1.165, 1.54) is 25.3 Å². The Hall–Kier alpha value is -2.11. The highest BCUT2D eigenvalue weighted by atomic mass is 16.6. The number of nitrogens with zero attached hydrogens (tertiary/aromatic N) is 2. The maximum absolute atomic E-state index is 12.2. The van der Waals surface area contributed by atoms with Gasteiger partial charge in [0.25, 0.3) is 5.69 Å². The van der Waals surface area contributed by atoms with Crippen LogP contribution in [0.5, 0.6) is 0 Å². The van der Waals surface area contributed by atoms with E-state index in [1.807, 2.05) is 11.9 Å². The van der Waals surface area contributed by atoms with Gasteiger partial charge in [0, 0.05) is 32.1 Å². The molecule has 0 spiro atoms. The average molecular weight is 305 g/mol. The Morgan fingerprint density at radius 3 is 2.68 bits per heavy atom. The quantitative estimate of drug-likeness (QED) is 0.647. The van der Waals surface area contributed by atoms with Gasteiger partial charge in [-0.1, -0.05) is 31.4 Å². The number of hydrogen-bond acceptors (Lipinski definition) is 4. The molecule has 1 fully saturated rings. The Bertz CT molecular complexity index is 527. The van der Waals surface area contributed by atoms with Crippen LogP contribution in [0.25, 0.3) is 0 Å². The number of para-hydroxylation sites is 2. The topological polar surface area (TPSA) is 75.5 Å². The van der Waals surface area contributed by atoms with Gasteiger partial charge in [0.1, 0.15) is 5.69 Å². The Kier molecular flexibility index (Phi) is 5.75. The summed E-state index contributed by atoms with van der Waals surface area (Å²) in [6, 6.07) is 6.84. The molecule has 1 aromatic carbocycles. The summed E-state index contributed by atoms with van der Waals surface area (Å²) in [5.74, 6) is 0.0954. The van der Waals surface area contributed by atoms with Crippen LogP contribution in [0.1, 0.15) is 38.5 Å². The number of anilines is 1. The van der Waals surface area contributed by atoms with E-state index in [4.69, 9.17) is 0 Å². The number of amides is 1. The van der Waals surface area contributed by atoms with E-state index in [9.17, 15) is 14.9 Å². The molecule has 1 N–H and O–H groups in total. The molecule has 6 nitrogen and oxygen atoms in total. The van der Waals surface area contributed by atoms with Crippen molar-refractivity contribution in [3.05, 3.63) is 34.4 Å². The molecule has 0 bridgehead atoms. The van der Waals surface area contributed by atoms with E-state index < -0.39 is 4.92 Å². The molecule has 0 aliphatic heterocycles. The molecule has 0 unspecified atom stereocenters. The van der Waals surface area contributed by atoms with Crippen molar-refractivity contribution in [3.63, 3.8) is 0 Å². The van der Waals surface area contributed by atoms with E-state index in [-0.39, 0.29) is 11.6 Å². The van der Waals surface area contributed by atoms with Crippen LogP contribution in [-0.4, -0.2) is 35.4 Å². The lowest BCUT2D eigenvalue weighted by Crippen LogP contribution is -2.38. The van der Waals surface area contributed by atoms with E-state index in [0.717, 1.165) is 12.8 Å². The van der Waals surface area contributed by atoms with E-state index in [2.05, 4.69) is 5.32 Å². The smallest absolute Gasteiger partial charge is 0.292 e. The predicted octanol–water partition coefficient (Wildman–Crippen LogP) is 3.19. The van der Waals surface area contributed by atoms with Gasteiger partial charge in [0.15, 0.2) is 0 Å². The summed E-state index contributed by atoms with van der Waals surface area (Å²) in [5.41, 5.74) is 0.496. The lowest BCUT2D eigenvalue weighted by molar-refractivity contribution is -0.384. The fraction of sp³-hybridized carbons (Fsp3) is 0.562. The van der Waals surface area contributed by atoms with Crippen LogP contribution in [0.4, 0.5) is 11.4 Å². The van der Waals surface area contributed by atoms with Crippen molar-refractivity contribution in [3.8, 4) is 0 Å². The van der Waals surface area contributed by atoms with Crippen LogP contribution in [0.15, 0.2) is 24.3 Å². The summed E-state index contributed by atoms with van der Waals surface area (Å²) in [7, 11) is 1.86. The molecule has 1 amide bonds. The monoisotopic (exact) mass is 305 g/mol. The largest absolute Gasteiger partial charge is 0.379 e. The molecule has 0 saturated heterocycles. The van der Waals surface area contributed by atoms with Crippen molar-refractivity contribution in [1.82, 2.24) is 4.90 Å². The van der Waals surface area contributed by atoms with Crippen molar-refractivity contribution in [2.24, 2.45) is 0 Å². The third-order valence-corrected chi connectivity index (χ3v) is 4.27. The molecular weight excluding hydrogens is 282 g/mol. The Morgan fingerprint density at radius 1 is 1.32 bits per heavy atom. The van der Waals surface area contributed by atoms with Crippen molar-refractivity contribution in [2.75, 3.05) is 18.9 Å². The number of carbonyl (C=O) groups excluding carboxylic acids is 1.